The van der Waals surface area contributed by atoms with Crippen molar-refractivity contribution in [3.05, 3.63) is 209 Å². The Morgan fingerprint density at radius 3 is 2.07 bits per heavy atom. The molecule has 0 bridgehead atoms. The monoisotopic (exact) mass is 721 g/mol. The van der Waals surface area contributed by atoms with Gasteiger partial charge < -0.3 is 21.3 Å². The molecular formula is C51H39N5. The van der Waals surface area contributed by atoms with E-state index < -0.39 is 0 Å². The molecule has 6 aromatic rings. The van der Waals surface area contributed by atoms with Gasteiger partial charge in [-0.05, 0) is 68.8 Å². The van der Waals surface area contributed by atoms with Gasteiger partial charge >= 0.3 is 0 Å². The fourth-order valence-electron chi connectivity index (χ4n) is 8.48. The van der Waals surface area contributed by atoms with Crippen LogP contribution < -0.4 is 21.3 Å². The maximum atomic E-state index is 5.22. The number of nitrogens with one attached hydrogen (secondary N) is 4. The highest BCUT2D eigenvalue weighted by Gasteiger charge is 2.25. The fourth-order valence-corrected chi connectivity index (χ4v) is 8.48. The summed E-state index contributed by atoms with van der Waals surface area (Å²) in [6.45, 7) is 0. The van der Waals surface area contributed by atoms with Gasteiger partial charge in [0.1, 0.15) is 0 Å². The molecule has 5 nitrogen and oxygen atoms in total. The van der Waals surface area contributed by atoms with Crippen LogP contribution in [0, 0.1) is 0 Å². The van der Waals surface area contributed by atoms with E-state index in [-0.39, 0.29) is 24.2 Å². The predicted octanol–water partition coefficient (Wildman–Crippen LogP) is 11.3. The molecule has 5 heterocycles. The van der Waals surface area contributed by atoms with Crippen LogP contribution in [0.1, 0.15) is 39.4 Å². The van der Waals surface area contributed by atoms with Crippen LogP contribution in [0.15, 0.2) is 176 Å². The van der Waals surface area contributed by atoms with Crippen LogP contribution in [0.4, 0.5) is 17.1 Å². The van der Waals surface area contributed by atoms with Crippen molar-refractivity contribution in [1.29, 1.82) is 0 Å². The third-order valence-corrected chi connectivity index (χ3v) is 11.6. The maximum Gasteiger partial charge on any atom is 0.0947 e. The molecule has 0 saturated carbocycles. The molecule has 1 aliphatic carbocycles. The molecule has 5 aromatic carbocycles. The standard InChI is InChI=1S/C51H39N5/c1-2-6-33(7-3-1)43-26-23-38-16-17-39-24-27-44(56-51(39)50(38)55-43)35-12-10-32(11-13-35)40-18-14-36-20-25-45(53-48(36)30-40)41-19-15-37-22-29-47(54-49(37)31-41)46-28-21-34-8-4-5-9-42(34)52-46/h1-31,43,46-48,52-55H. The highest BCUT2D eigenvalue weighted by molar-refractivity contribution is 5.97. The molecule has 4 N–H and O–H groups in total. The third kappa shape index (κ3) is 5.85. The second kappa shape index (κ2) is 13.3. The number of aromatic nitrogens is 1. The molecule has 0 spiro atoms. The van der Waals surface area contributed by atoms with E-state index in [0.717, 1.165) is 50.4 Å². The third-order valence-electron chi connectivity index (χ3n) is 11.6. The summed E-state index contributed by atoms with van der Waals surface area (Å²) < 4.78 is 0. The highest BCUT2D eigenvalue weighted by atomic mass is 15.0. The predicted molar refractivity (Wildman–Crippen MR) is 235 cm³/mol. The Kier molecular flexibility index (Phi) is 7.69. The molecule has 56 heavy (non-hydrogen) atoms. The molecule has 4 atom stereocenters. The summed E-state index contributed by atoms with van der Waals surface area (Å²) in [4.78, 5) is 5.22. The van der Waals surface area contributed by atoms with Crippen molar-refractivity contribution in [3.8, 4) is 11.3 Å². The van der Waals surface area contributed by atoms with Gasteiger partial charge in [-0.15, -0.1) is 0 Å². The van der Waals surface area contributed by atoms with E-state index in [4.69, 9.17) is 4.98 Å². The number of dihydropyridines is 1. The minimum atomic E-state index is 0.0811. The van der Waals surface area contributed by atoms with Gasteiger partial charge in [-0.2, -0.15) is 0 Å². The zero-order chi connectivity index (χ0) is 37.0. The average Bonchev–Trinajstić information content (AvgIpc) is 3.28. The first-order valence-corrected chi connectivity index (χ1v) is 19.4. The van der Waals surface area contributed by atoms with Crippen LogP contribution in [-0.4, -0.2) is 23.1 Å². The number of benzene rings is 5. The summed E-state index contributed by atoms with van der Waals surface area (Å²) in [5.41, 5.74) is 17.2. The van der Waals surface area contributed by atoms with Gasteiger partial charge in [0.05, 0.1) is 41.1 Å². The second-order valence-electron chi connectivity index (χ2n) is 15.0. The number of rotatable bonds is 5. The Morgan fingerprint density at radius 2 is 1.20 bits per heavy atom. The zero-order valence-electron chi connectivity index (χ0n) is 30.7. The highest BCUT2D eigenvalue weighted by Crippen LogP contribution is 2.37. The molecule has 0 saturated heterocycles. The van der Waals surface area contributed by atoms with E-state index in [0.29, 0.717) is 0 Å². The summed E-state index contributed by atoms with van der Waals surface area (Å²) in [5.74, 6) is 0. The van der Waals surface area contributed by atoms with Gasteiger partial charge in [-0.25, -0.2) is 4.98 Å². The normalized spacial score (nSPS) is 21.1. The van der Waals surface area contributed by atoms with Crippen LogP contribution in [0.5, 0.6) is 0 Å². The van der Waals surface area contributed by atoms with Crippen molar-refractivity contribution < 1.29 is 0 Å². The number of allylic oxidation sites excluding steroid dienone is 4. The molecule has 5 aliphatic rings. The number of pyridine rings is 1. The lowest BCUT2D eigenvalue weighted by atomic mass is 9.90. The SMILES string of the molecule is C1=CC2=CC=C(c3ccc4c(c3)NC(C3C=Cc5ccccc5N3)C=C4)NC2C=C1c1ccc(-c2ccc3ccc4c(c3n2)NC(c2ccccc2)C=C4)cc1. The van der Waals surface area contributed by atoms with Gasteiger partial charge in [0.2, 0.25) is 0 Å². The Hall–Kier alpha value is -7.11. The molecule has 1 aromatic heterocycles. The maximum absolute atomic E-state index is 5.22. The van der Waals surface area contributed by atoms with E-state index in [9.17, 15) is 0 Å². The topological polar surface area (TPSA) is 61.0 Å². The van der Waals surface area contributed by atoms with Crippen molar-refractivity contribution in [1.82, 2.24) is 10.3 Å². The Balaban J connectivity index is 0.804. The molecule has 0 amide bonds. The largest absolute Gasteiger partial charge is 0.376 e. The van der Waals surface area contributed by atoms with Crippen molar-refractivity contribution in [2.45, 2.75) is 24.2 Å². The van der Waals surface area contributed by atoms with Crippen LogP contribution in [0.3, 0.4) is 0 Å². The van der Waals surface area contributed by atoms with Crippen LogP contribution in [0.25, 0.3) is 51.7 Å². The van der Waals surface area contributed by atoms with Gasteiger partial charge in [0.25, 0.3) is 0 Å². The van der Waals surface area contributed by atoms with Crippen molar-refractivity contribution >= 4 is 57.5 Å². The molecule has 4 aliphatic heterocycles. The summed E-state index contributed by atoms with van der Waals surface area (Å²) >= 11 is 0. The number of fused-ring (bicyclic) bond motifs is 6. The van der Waals surface area contributed by atoms with Crippen LogP contribution in [-0.2, 0) is 0 Å². The van der Waals surface area contributed by atoms with E-state index in [1.54, 1.807) is 0 Å². The number of hydrogen-bond donors (Lipinski definition) is 4. The summed E-state index contributed by atoms with van der Waals surface area (Å²) in [6.07, 6.45) is 24.7. The summed E-state index contributed by atoms with van der Waals surface area (Å²) in [5, 5.41) is 16.2. The first kappa shape index (κ1) is 32.3. The molecule has 0 radical (unpaired) electrons. The van der Waals surface area contributed by atoms with E-state index in [2.05, 4.69) is 209 Å². The number of nitrogens with zero attached hydrogens (tertiary/aromatic N) is 1. The lowest BCUT2D eigenvalue weighted by Crippen LogP contribution is -2.38. The molecule has 4 unspecified atom stereocenters. The lowest BCUT2D eigenvalue weighted by Gasteiger charge is -2.32. The quantitative estimate of drug-likeness (QED) is 0.143. The molecule has 0 fully saturated rings. The van der Waals surface area contributed by atoms with Crippen LogP contribution >= 0.6 is 0 Å². The summed E-state index contributed by atoms with van der Waals surface area (Å²) in [7, 11) is 0. The second-order valence-corrected chi connectivity index (χ2v) is 15.0. The molecular weight excluding hydrogens is 683 g/mol. The average molecular weight is 722 g/mol. The number of para-hydroxylation sites is 1. The van der Waals surface area contributed by atoms with Crippen molar-refractivity contribution in [2.75, 3.05) is 16.0 Å². The molecule has 11 rings (SSSR count). The first-order valence-electron chi connectivity index (χ1n) is 19.4. The summed E-state index contributed by atoms with van der Waals surface area (Å²) in [6, 6.07) is 43.7. The Morgan fingerprint density at radius 1 is 0.482 bits per heavy atom. The van der Waals surface area contributed by atoms with E-state index in [1.165, 1.54) is 39.1 Å². The van der Waals surface area contributed by atoms with E-state index in [1.807, 2.05) is 0 Å². The van der Waals surface area contributed by atoms with Gasteiger partial charge in [-0.1, -0.05) is 164 Å². The lowest BCUT2D eigenvalue weighted by molar-refractivity contribution is 0.786. The Labute approximate surface area is 326 Å². The van der Waals surface area contributed by atoms with Gasteiger partial charge in [0, 0.05) is 28.0 Å². The minimum absolute atomic E-state index is 0.0811. The smallest absolute Gasteiger partial charge is 0.0947 e. The number of hydrogen-bond acceptors (Lipinski definition) is 5. The van der Waals surface area contributed by atoms with Crippen molar-refractivity contribution in [3.63, 3.8) is 0 Å². The van der Waals surface area contributed by atoms with Crippen LogP contribution in [0.2, 0.25) is 0 Å². The molecule has 268 valence electrons. The Bertz CT molecular complexity index is 2760. The van der Waals surface area contributed by atoms with Crippen molar-refractivity contribution in [2.24, 2.45) is 0 Å². The van der Waals surface area contributed by atoms with Gasteiger partial charge in [-0.3, -0.25) is 0 Å². The number of anilines is 3. The zero-order valence-corrected chi connectivity index (χ0v) is 30.7. The first-order chi connectivity index (χ1) is 27.7. The van der Waals surface area contributed by atoms with Gasteiger partial charge in [0.15, 0.2) is 0 Å². The minimum Gasteiger partial charge on any atom is -0.376 e. The molecule has 5 heteroatoms. The van der Waals surface area contributed by atoms with E-state index >= 15 is 0 Å². The fraction of sp³-hybridized carbons (Fsp3) is 0.0784.